The average molecular weight is 516 g/mol. The molecule has 1 aliphatic rings. The van der Waals surface area contributed by atoms with Gasteiger partial charge in [-0.15, -0.1) is 0 Å². The van der Waals surface area contributed by atoms with E-state index in [4.69, 9.17) is 20.3 Å². The number of methoxy groups -OCH3 is 1. The summed E-state index contributed by atoms with van der Waals surface area (Å²) in [6, 6.07) is 27.4. The zero-order valence-corrected chi connectivity index (χ0v) is 22.0. The molecule has 7 nitrogen and oxygen atoms in total. The quantitative estimate of drug-likeness (QED) is 0.303. The summed E-state index contributed by atoms with van der Waals surface area (Å²) < 4.78 is 5.28. The van der Waals surface area contributed by atoms with Crippen LogP contribution in [-0.2, 0) is 4.79 Å². The van der Waals surface area contributed by atoms with E-state index < -0.39 is 0 Å². The number of nitrogens with zero attached hydrogens (tertiary/aromatic N) is 5. The van der Waals surface area contributed by atoms with E-state index in [1.165, 1.54) is 0 Å². The second kappa shape index (κ2) is 12.9. The highest BCUT2D eigenvalue weighted by Gasteiger charge is 2.30. The van der Waals surface area contributed by atoms with E-state index in [0.29, 0.717) is 48.9 Å². The van der Waals surface area contributed by atoms with Crippen molar-refractivity contribution in [1.29, 1.82) is 10.5 Å². The Bertz CT molecular complexity index is 1470. The van der Waals surface area contributed by atoms with Crippen LogP contribution < -0.4 is 14.5 Å². The molecule has 1 heterocycles. The van der Waals surface area contributed by atoms with Gasteiger partial charge in [0.15, 0.2) is 0 Å². The summed E-state index contributed by atoms with van der Waals surface area (Å²) in [6.45, 7) is 3.08. The van der Waals surface area contributed by atoms with Gasteiger partial charge in [0, 0.05) is 18.8 Å². The lowest BCUT2D eigenvalue weighted by Gasteiger charge is -2.23. The average Bonchev–Trinajstić information content (AvgIpc) is 3.28. The molecule has 0 saturated carbocycles. The molecule has 4 rings (SSSR count). The minimum atomic E-state index is -0.221. The van der Waals surface area contributed by atoms with Crippen molar-refractivity contribution in [2.24, 2.45) is 4.99 Å². The number of aliphatic imine (C=N–C) groups is 1. The van der Waals surface area contributed by atoms with Gasteiger partial charge in [-0.25, -0.2) is 4.99 Å². The Balaban J connectivity index is 1.67. The molecule has 0 radical (unpaired) electrons. The largest absolute Gasteiger partial charge is 0.497 e. The van der Waals surface area contributed by atoms with Crippen LogP contribution in [0.25, 0.3) is 12.2 Å². The number of carbonyl (C=O) groups is 1. The highest BCUT2D eigenvalue weighted by Crippen LogP contribution is 2.29. The minimum Gasteiger partial charge on any atom is -0.497 e. The van der Waals surface area contributed by atoms with E-state index in [-0.39, 0.29) is 5.91 Å². The molecule has 0 atom stereocenters. The van der Waals surface area contributed by atoms with Gasteiger partial charge in [0.1, 0.15) is 17.3 Å². The molecule has 194 valence electrons. The van der Waals surface area contributed by atoms with E-state index in [0.717, 1.165) is 22.4 Å². The van der Waals surface area contributed by atoms with Crippen LogP contribution in [0.2, 0.25) is 0 Å². The van der Waals surface area contributed by atoms with Crippen LogP contribution in [0.1, 0.15) is 29.5 Å². The summed E-state index contributed by atoms with van der Waals surface area (Å²) in [5.41, 5.74) is 4.80. The molecule has 39 heavy (non-hydrogen) atoms. The SMILES string of the molecule is COc1ccc(N2C(=O)/C(=C/c3ccc(N(CCC#N)CCC#N)cc3C)N=C2/C=C/c2ccccc2)cc1. The number of amides is 1. The molecule has 0 unspecified atom stereocenters. The Labute approximate surface area is 229 Å². The first-order chi connectivity index (χ1) is 19.0. The summed E-state index contributed by atoms with van der Waals surface area (Å²) >= 11 is 0. The minimum absolute atomic E-state index is 0.221. The number of hydrogen-bond acceptors (Lipinski definition) is 6. The Morgan fingerprint density at radius 1 is 0.949 bits per heavy atom. The van der Waals surface area contributed by atoms with Gasteiger partial charge in [-0.2, -0.15) is 10.5 Å². The van der Waals surface area contributed by atoms with E-state index in [2.05, 4.69) is 12.1 Å². The van der Waals surface area contributed by atoms with Crippen molar-refractivity contribution in [3.63, 3.8) is 0 Å². The zero-order valence-electron chi connectivity index (χ0n) is 22.0. The summed E-state index contributed by atoms with van der Waals surface area (Å²) in [5.74, 6) is 1.00. The van der Waals surface area contributed by atoms with Crippen molar-refractivity contribution in [2.45, 2.75) is 19.8 Å². The first-order valence-electron chi connectivity index (χ1n) is 12.7. The molecule has 0 saturated heterocycles. The van der Waals surface area contributed by atoms with E-state index in [9.17, 15) is 4.79 Å². The van der Waals surface area contributed by atoms with Crippen molar-refractivity contribution in [3.8, 4) is 17.9 Å². The molecular weight excluding hydrogens is 486 g/mol. The molecule has 0 fully saturated rings. The molecule has 3 aromatic carbocycles. The highest BCUT2D eigenvalue weighted by atomic mass is 16.5. The first-order valence-corrected chi connectivity index (χ1v) is 12.7. The first kappa shape index (κ1) is 26.9. The number of aryl methyl sites for hydroxylation is 1. The molecule has 7 heteroatoms. The van der Waals surface area contributed by atoms with Gasteiger partial charge in [-0.05, 0) is 72.2 Å². The van der Waals surface area contributed by atoms with Crippen LogP contribution in [-0.4, -0.2) is 31.9 Å². The fourth-order valence-corrected chi connectivity index (χ4v) is 4.27. The van der Waals surface area contributed by atoms with E-state index >= 15 is 0 Å². The van der Waals surface area contributed by atoms with Gasteiger partial charge in [0.25, 0.3) is 5.91 Å². The van der Waals surface area contributed by atoms with Gasteiger partial charge < -0.3 is 9.64 Å². The molecule has 1 aliphatic heterocycles. The second-order valence-electron chi connectivity index (χ2n) is 8.93. The van der Waals surface area contributed by atoms with Gasteiger partial charge >= 0.3 is 0 Å². The highest BCUT2D eigenvalue weighted by molar-refractivity contribution is 6.32. The standard InChI is InChI=1S/C32H29N5O2/c1-24-22-28(36(20-6-18-33)21-7-19-34)12-11-26(24)23-30-32(38)37(27-13-15-29(39-2)16-14-27)31(35-30)17-10-25-8-4-3-5-9-25/h3-5,8-17,22-23H,6-7,20-21H2,1-2H3/b17-10+,30-23-. The number of benzene rings is 3. The van der Waals surface area contributed by atoms with Gasteiger partial charge in [-0.1, -0.05) is 42.5 Å². The molecule has 0 bridgehead atoms. The van der Waals surface area contributed by atoms with Crippen LogP contribution in [0.5, 0.6) is 5.75 Å². The molecular formula is C32H29N5O2. The summed E-state index contributed by atoms with van der Waals surface area (Å²) in [5, 5.41) is 18.0. The summed E-state index contributed by atoms with van der Waals surface area (Å²) in [6.07, 6.45) is 6.33. The lowest BCUT2D eigenvalue weighted by Crippen LogP contribution is -2.30. The number of nitriles is 2. The van der Waals surface area contributed by atoms with Crippen LogP contribution in [0.15, 0.2) is 89.6 Å². The van der Waals surface area contributed by atoms with Crippen molar-refractivity contribution in [1.82, 2.24) is 0 Å². The number of carbonyl (C=O) groups excluding carboxylic acids is 1. The number of amidine groups is 1. The second-order valence-corrected chi connectivity index (χ2v) is 8.93. The monoisotopic (exact) mass is 515 g/mol. The third-order valence-corrected chi connectivity index (χ3v) is 6.34. The Morgan fingerprint density at radius 3 is 2.26 bits per heavy atom. The smallest absolute Gasteiger partial charge is 0.282 e. The van der Waals surface area contributed by atoms with E-state index in [1.54, 1.807) is 18.1 Å². The number of rotatable bonds is 10. The van der Waals surface area contributed by atoms with Crippen LogP contribution in [0.4, 0.5) is 11.4 Å². The Kier molecular flexibility index (Phi) is 8.90. The lowest BCUT2D eigenvalue weighted by atomic mass is 10.1. The fourth-order valence-electron chi connectivity index (χ4n) is 4.27. The number of anilines is 2. The van der Waals surface area contributed by atoms with Crippen molar-refractivity contribution in [3.05, 3.63) is 101 Å². The Morgan fingerprint density at radius 2 is 1.64 bits per heavy atom. The maximum absolute atomic E-state index is 13.6. The van der Waals surface area contributed by atoms with Crippen LogP contribution in [0, 0.1) is 29.6 Å². The normalized spacial score (nSPS) is 13.8. The topological polar surface area (TPSA) is 92.7 Å². The van der Waals surface area contributed by atoms with Crippen molar-refractivity contribution >= 4 is 35.3 Å². The predicted octanol–water partition coefficient (Wildman–Crippen LogP) is 6.14. The zero-order chi connectivity index (χ0) is 27.6. The summed E-state index contributed by atoms with van der Waals surface area (Å²) in [7, 11) is 1.60. The van der Waals surface area contributed by atoms with Crippen LogP contribution in [0.3, 0.4) is 0 Å². The molecule has 0 spiro atoms. The maximum Gasteiger partial charge on any atom is 0.282 e. The number of hydrogen-bond donors (Lipinski definition) is 0. The predicted molar refractivity (Wildman–Crippen MR) is 155 cm³/mol. The van der Waals surface area contributed by atoms with Gasteiger partial charge in [0.05, 0.1) is 37.8 Å². The van der Waals surface area contributed by atoms with Gasteiger partial charge in [-0.3, -0.25) is 9.69 Å². The van der Waals surface area contributed by atoms with Crippen molar-refractivity contribution in [2.75, 3.05) is 30.0 Å². The molecule has 0 N–H and O–H groups in total. The third-order valence-electron chi connectivity index (χ3n) is 6.34. The summed E-state index contributed by atoms with van der Waals surface area (Å²) in [4.78, 5) is 22.0. The molecule has 3 aromatic rings. The molecule has 0 aromatic heterocycles. The molecule has 0 aliphatic carbocycles. The van der Waals surface area contributed by atoms with Crippen LogP contribution >= 0.6 is 0 Å². The van der Waals surface area contributed by atoms with E-state index in [1.807, 2.05) is 96.8 Å². The number of ether oxygens (including phenoxy) is 1. The van der Waals surface area contributed by atoms with Crippen molar-refractivity contribution < 1.29 is 9.53 Å². The molecule has 1 amide bonds. The lowest BCUT2D eigenvalue weighted by molar-refractivity contribution is -0.113. The maximum atomic E-state index is 13.6. The Hall–Kier alpha value is -5.14. The van der Waals surface area contributed by atoms with Gasteiger partial charge in [0.2, 0.25) is 0 Å². The fraction of sp³-hybridized carbons (Fsp3) is 0.188. The third kappa shape index (κ3) is 6.60.